The number of Topliss-reactive ketones (excluding diaryl/α,β-unsaturated/α-hetero) is 2. The number of unbranched alkanes of at least 4 members (excludes halogenated alkanes) is 7. The molecule has 2 saturated heterocycles. The summed E-state index contributed by atoms with van der Waals surface area (Å²) in [6.45, 7) is 34.1. The zero-order valence-electron chi connectivity index (χ0n) is 67.4. The van der Waals surface area contributed by atoms with Gasteiger partial charge in [0.25, 0.3) is 11.8 Å². The fraction of sp³-hybridized carbons (Fsp3) is 0.425. The molecule has 112 heavy (non-hydrogen) atoms. The number of carbonyl (C=O) groups excluding carboxylic acids is 8. The van der Waals surface area contributed by atoms with Crippen LogP contribution < -0.4 is 41.2 Å². The van der Waals surface area contributed by atoms with Gasteiger partial charge in [0, 0.05) is 46.5 Å². The minimum Gasteiger partial charge on any atom is -0.507 e. The molecule has 0 atom stereocenters. The van der Waals surface area contributed by atoms with E-state index >= 15 is 0 Å². The van der Waals surface area contributed by atoms with Crippen LogP contribution in [0.1, 0.15) is 219 Å². The first-order valence-corrected chi connectivity index (χ1v) is 40.0. The quantitative estimate of drug-likeness (QED) is 0.00549. The topological polar surface area (TPSA) is 325 Å². The standard InChI is InChI=1S/C35H54O6P2.C28H36N2O6.C16H16N2O2.C8H8N2O3/c1-23-15-25(31(3,4)5)29(26(16-23)32(6,7)8)40-42-36-19-35(20-37-42)21-38-43(39-22-35)41-30-27(33(9,10)11)17-24(2)18-28(30)34(12,13)14;31-21(19-30-28(36)23-15-10-12-17-25(23)33)13-7-5-3-1-2-4-6-8-18-27(35)29-20-26(34)22-14-9-11-16-24(22)32;1-12(15(19)17-13-8-4-2-5-9-13)16(20)18-14-10-6-3-7-11-14;11-5-9-10-8(13)6-3-1-2-4-7(6)12/h15-18H,19-22H2,1-14H3;9-12,14-17,32-33H,1-8,13,18-20H2,(H,29,35)(H,30,36);2-12H,1H3,(H,17,19)(H,18,20);1-5,12H,(H,9,11)(H,10,13). The normalized spacial score (nSPS) is 15.4. The highest BCUT2D eigenvalue weighted by Crippen LogP contribution is 2.56. The van der Waals surface area contributed by atoms with Crippen LogP contribution >= 0.6 is 17.2 Å². The highest BCUT2D eigenvalue weighted by atomic mass is 31.2. The molecule has 0 saturated carbocycles. The second-order valence-electron chi connectivity index (χ2n) is 32.1. The Bertz CT molecular complexity index is 3940. The lowest BCUT2D eigenvalue weighted by atomic mass is 9.78. The first-order valence-electron chi connectivity index (χ1n) is 37.8. The number of rotatable bonds is 28. The molecule has 0 aromatic heterocycles. The van der Waals surface area contributed by atoms with E-state index in [-0.39, 0.29) is 98.0 Å². The van der Waals surface area contributed by atoms with Gasteiger partial charge in [-0.2, -0.15) is 0 Å². The first kappa shape index (κ1) is 91.3. The van der Waals surface area contributed by atoms with Gasteiger partial charge in [0.2, 0.25) is 24.1 Å². The smallest absolute Gasteiger partial charge is 0.397 e. The third-order valence-corrected chi connectivity index (χ3v) is 20.1. The van der Waals surface area contributed by atoms with Crippen LogP contribution in [0.5, 0.6) is 28.7 Å². The van der Waals surface area contributed by atoms with Crippen LogP contribution in [0.2, 0.25) is 0 Å². The molecule has 9 N–H and O–H groups in total. The molecular formula is C87H114N6O17P2. The Labute approximate surface area is 662 Å². The predicted octanol–water partition coefficient (Wildman–Crippen LogP) is 17.5. The van der Waals surface area contributed by atoms with Gasteiger partial charge in [0.1, 0.15) is 34.7 Å². The van der Waals surface area contributed by atoms with E-state index in [0.29, 0.717) is 57.1 Å². The van der Waals surface area contributed by atoms with E-state index in [2.05, 4.69) is 148 Å². The van der Waals surface area contributed by atoms with Crippen molar-refractivity contribution in [2.24, 2.45) is 11.3 Å². The molecule has 2 aliphatic heterocycles. The van der Waals surface area contributed by atoms with Crippen LogP contribution in [-0.2, 0) is 63.7 Å². The lowest BCUT2D eigenvalue weighted by Gasteiger charge is -2.42. The number of hydrogen-bond donors (Lipinski definition) is 9. The number of aryl methyl sites for hydroxylation is 2. The molecule has 2 fully saturated rings. The van der Waals surface area contributed by atoms with Crippen molar-refractivity contribution in [3.8, 4) is 28.7 Å². The lowest BCUT2D eigenvalue weighted by Crippen LogP contribution is -2.45. The fourth-order valence-electron chi connectivity index (χ4n) is 11.6. The molecule has 0 bridgehead atoms. The molecule has 1 spiro atoms. The summed E-state index contributed by atoms with van der Waals surface area (Å²) in [5.41, 5.74) is 12.2. The number of carbonyl (C=O) groups is 8. The van der Waals surface area contributed by atoms with Gasteiger partial charge in [-0.1, -0.05) is 230 Å². The summed E-state index contributed by atoms with van der Waals surface area (Å²) in [5.74, 6) is -1.53. The van der Waals surface area contributed by atoms with Gasteiger partial charge in [-0.05, 0) is 116 Å². The third kappa shape index (κ3) is 29.8. The second kappa shape index (κ2) is 43.4. The Morgan fingerprint density at radius 2 is 0.795 bits per heavy atom. The van der Waals surface area contributed by atoms with Crippen LogP contribution in [0.15, 0.2) is 158 Å². The van der Waals surface area contributed by atoms with Crippen LogP contribution in [0.3, 0.4) is 0 Å². The van der Waals surface area contributed by atoms with Gasteiger partial charge in [-0.15, -0.1) is 0 Å². The average Bonchev–Trinajstić information content (AvgIpc) is 0.775. The van der Waals surface area contributed by atoms with E-state index < -0.39 is 40.4 Å². The molecule has 7 aromatic carbocycles. The molecule has 2 heterocycles. The summed E-state index contributed by atoms with van der Waals surface area (Å²) >= 11 is 0. The Kier molecular flexibility index (Phi) is 35.4. The summed E-state index contributed by atoms with van der Waals surface area (Å²) in [6.07, 6.45) is 8.76. The van der Waals surface area contributed by atoms with Gasteiger partial charge in [0.05, 0.1) is 61.6 Å². The minimum absolute atomic E-state index is 0.0284. The van der Waals surface area contributed by atoms with Crippen molar-refractivity contribution >= 4 is 76.1 Å². The molecule has 0 radical (unpaired) electrons. The van der Waals surface area contributed by atoms with E-state index in [0.717, 1.165) is 62.9 Å². The average molecular weight is 1580 g/mol. The van der Waals surface area contributed by atoms with Crippen molar-refractivity contribution in [2.75, 3.05) is 50.2 Å². The predicted molar refractivity (Wildman–Crippen MR) is 440 cm³/mol. The van der Waals surface area contributed by atoms with Crippen molar-refractivity contribution in [1.29, 1.82) is 0 Å². The largest absolute Gasteiger partial charge is 0.507 e. The molecule has 23 nitrogen and oxygen atoms in total. The van der Waals surface area contributed by atoms with Crippen LogP contribution in [0.4, 0.5) is 11.4 Å². The molecule has 0 unspecified atom stereocenters. The maximum Gasteiger partial charge on any atom is 0.397 e. The highest BCUT2D eigenvalue weighted by molar-refractivity contribution is 7.42. The second-order valence-corrected chi connectivity index (χ2v) is 34.3. The molecule has 7 aromatic rings. The number of nitrogens with one attached hydrogen (secondary N) is 6. The Morgan fingerprint density at radius 3 is 1.16 bits per heavy atom. The molecule has 6 amide bonds. The summed E-state index contributed by atoms with van der Waals surface area (Å²) in [7, 11) is -3.12. The number of phenolic OH excluding ortho intramolecular Hbond substituents is 3. The van der Waals surface area contributed by atoms with Gasteiger partial charge in [-0.25, -0.2) is 0 Å². The summed E-state index contributed by atoms with van der Waals surface area (Å²) in [6, 6.07) is 45.5. The SMILES string of the molecule is CC(C(=O)Nc1ccccc1)C(=O)Nc1ccccc1.Cc1cc(C(C)(C)C)c(OP2OCC3(CO2)COP(Oc2c(C(C)(C)C)cc(C)cc2C(C)(C)C)OC3)c(C(C)(C)C)c1.O=C(CCCCCCCCCCC(=O)NCC(=O)c1ccccc1O)CNC(=O)c1ccccc1O.O=CNNC(=O)c1ccccc1O. The molecule has 25 heteroatoms. The van der Waals surface area contributed by atoms with Crippen LogP contribution in [0, 0.1) is 25.2 Å². The number of hydrazine groups is 1. The lowest BCUT2D eigenvalue weighted by molar-refractivity contribution is -0.128. The van der Waals surface area contributed by atoms with Crippen LogP contribution in [0.25, 0.3) is 0 Å². The number of amides is 6. The van der Waals surface area contributed by atoms with E-state index in [1.165, 1.54) is 69.8 Å². The van der Waals surface area contributed by atoms with Gasteiger partial charge in [0.15, 0.2) is 11.6 Å². The van der Waals surface area contributed by atoms with Crippen molar-refractivity contribution in [1.82, 2.24) is 21.5 Å². The molecular weight excluding hydrogens is 1460 g/mol. The number of benzene rings is 7. The minimum atomic E-state index is -1.56. The Hall–Kier alpha value is -9.60. The maximum atomic E-state index is 12.0. The number of para-hydroxylation sites is 5. The fourth-order valence-corrected chi connectivity index (χ4v) is 14.1. The van der Waals surface area contributed by atoms with Crippen molar-refractivity contribution < 1.29 is 80.8 Å². The Morgan fingerprint density at radius 1 is 0.455 bits per heavy atom. The van der Waals surface area contributed by atoms with Crippen molar-refractivity contribution in [3.63, 3.8) is 0 Å². The number of anilines is 2. The zero-order chi connectivity index (χ0) is 82.4. The molecule has 9 rings (SSSR count). The van der Waals surface area contributed by atoms with E-state index in [1.807, 2.05) is 41.8 Å². The molecule has 0 aliphatic carbocycles. The van der Waals surface area contributed by atoms with Crippen molar-refractivity contribution in [2.45, 2.75) is 190 Å². The van der Waals surface area contributed by atoms with Crippen LogP contribution in [-0.4, -0.2) is 102 Å². The first-order chi connectivity index (χ1) is 52.9. The number of phenols is 3. The summed E-state index contributed by atoms with van der Waals surface area (Å²) in [5, 5.41) is 39.1. The highest BCUT2D eigenvalue weighted by Gasteiger charge is 2.46. The van der Waals surface area contributed by atoms with Crippen molar-refractivity contribution in [3.05, 3.63) is 208 Å². The third-order valence-electron chi connectivity index (χ3n) is 18.1. The summed E-state index contributed by atoms with van der Waals surface area (Å²) in [4.78, 5) is 92.8. The van der Waals surface area contributed by atoms with E-state index in [4.69, 9.17) is 27.1 Å². The Balaban J connectivity index is 0.000000253. The summed E-state index contributed by atoms with van der Waals surface area (Å²) < 4.78 is 38.2. The monoisotopic (exact) mass is 1580 g/mol. The van der Waals surface area contributed by atoms with Gasteiger partial charge in [-0.3, -0.25) is 49.2 Å². The zero-order valence-corrected chi connectivity index (χ0v) is 69.2. The molecule has 2 aliphatic rings. The van der Waals surface area contributed by atoms with Gasteiger partial charge >= 0.3 is 17.2 Å². The van der Waals surface area contributed by atoms with E-state index in [9.17, 15) is 53.7 Å². The number of hydrogen-bond acceptors (Lipinski definition) is 17. The number of aromatic hydroxyl groups is 3. The molecule has 604 valence electrons. The van der Waals surface area contributed by atoms with E-state index in [1.54, 1.807) is 67.6 Å². The maximum absolute atomic E-state index is 12.0. The van der Waals surface area contributed by atoms with Gasteiger partial charge < -0.3 is 63.7 Å². The number of ketones is 2.